The standard InChI is InChI=1S/C23H25BrN4O.C5H10O2/c1-17-21(29-16-19-5-3-2-4-6-19)15-25-22(27-17)13-18-9-11-28(12-10-18)23-8-7-20(24)14-26-23;1-5(2,3)7-4-6/h2-8,14-15,18H,9-13,16H2,1H3;4H,1-3H3. The van der Waals surface area contributed by atoms with Gasteiger partial charge in [0.2, 0.25) is 0 Å². The zero-order valence-electron chi connectivity index (χ0n) is 21.5. The molecule has 0 aliphatic carbocycles. The number of pyridine rings is 1. The second-order valence-corrected chi connectivity index (χ2v) is 10.7. The van der Waals surface area contributed by atoms with Crippen molar-refractivity contribution < 1.29 is 14.3 Å². The van der Waals surface area contributed by atoms with Crippen LogP contribution in [0.15, 0.2) is 59.3 Å². The van der Waals surface area contributed by atoms with E-state index in [9.17, 15) is 4.79 Å². The molecule has 0 unspecified atom stereocenters. The Labute approximate surface area is 222 Å². The molecular weight excluding hydrogens is 520 g/mol. The van der Waals surface area contributed by atoms with E-state index in [1.54, 1.807) is 0 Å². The lowest BCUT2D eigenvalue weighted by Crippen LogP contribution is -2.35. The molecule has 36 heavy (non-hydrogen) atoms. The largest absolute Gasteiger partial charge is 0.485 e. The number of carbonyl (C=O) groups is 1. The van der Waals surface area contributed by atoms with E-state index in [4.69, 9.17) is 9.72 Å². The van der Waals surface area contributed by atoms with E-state index < -0.39 is 0 Å². The zero-order valence-corrected chi connectivity index (χ0v) is 23.1. The van der Waals surface area contributed by atoms with Gasteiger partial charge in [-0.2, -0.15) is 0 Å². The normalized spacial score (nSPS) is 14.0. The van der Waals surface area contributed by atoms with Gasteiger partial charge in [0, 0.05) is 30.2 Å². The maximum atomic E-state index is 9.60. The summed E-state index contributed by atoms with van der Waals surface area (Å²) in [5.74, 6) is 3.33. The van der Waals surface area contributed by atoms with Gasteiger partial charge in [0.15, 0.2) is 5.75 Å². The summed E-state index contributed by atoms with van der Waals surface area (Å²) in [6.07, 6.45) is 6.86. The highest BCUT2D eigenvalue weighted by molar-refractivity contribution is 9.10. The van der Waals surface area contributed by atoms with Crippen LogP contribution in [0.25, 0.3) is 0 Å². The van der Waals surface area contributed by atoms with Gasteiger partial charge < -0.3 is 14.4 Å². The molecule has 8 heteroatoms. The first-order valence-corrected chi connectivity index (χ1v) is 13.0. The Balaban J connectivity index is 0.000000454. The first kappa shape index (κ1) is 27.6. The lowest BCUT2D eigenvalue weighted by Gasteiger charge is -2.32. The highest BCUT2D eigenvalue weighted by Gasteiger charge is 2.21. The van der Waals surface area contributed by atoms with Crippen LogP contribution in [-0.2, 0) is 22.6 Å². The van der Waals surface area contributed by atoms with Gasteiger partial charge in [0.25, 0.3) is 6.47 Å². The third-order valence-corrected chi connectivity index (χ3v) is 6.21. The minimum absolute atomic E-state index is 0.318. The molecule has 1 saturated heterocycles. The van der Waals surface area contributed by atoms with Crippen LogP contribution in [0.5, 0.6) is 5.75 Å². The summed E-state index contributed by atoms with van der Waals surface area (Å²) in [5.41, 5.74) is 1.73. The van der Waals surface area contributed by atoms with E-state index in [0.29, 0.717) is 19.0 Å². The van der Waals surface area contributed by atoms with Gasteiger partial charge in [-0.3, -0.25) is 4.79 Å². The zero-order chi connectivity index (χ0) is 26.0. The third kappa shape index (κ3) is 9.22. The highest BCUT2D eigenvalue weighted by Crippen LogP contribution is 2.25. The van der Waals surface area contributed by atoms with Crippen LogP contribution in [0.4, 0.5) is 5.82 Å². The van der Waals surface area contributed by atoms with E-state index in [0.717, 1.165) is 65.5 Å². The van der Waals surface area contributed by atoms with Gasteiger partial charge in [-0.05, 0) is 80.1 Å². The van der Waals surface area contributed by atoms with Crippen LogP contribution in [0, 0.1) is 12.8 Å². The van der Waals surface area contributed by atoms with E-state index in [1.165, 1.54) is 0 Å². The molecule has 7 nitrogen and oxygen atoms in total. The molecule has 2 aromatic heterocycles. The maximum Gasteiger partial charge on any atom is 0.293 e. The molecule has 0 N–H and O–H groups in total. The highest BCUT2D eigenvalue weighted by atomic mass is 79.9. The average Bonchev–Trinajstić information content (AvgIpc) is 2.85. The van der Waals surface area contributed by atoms with Crippen molar-refractivity contribution in [2.24, 2.45) is 5.92 Å². The van der Waals surface area contributed by atoms with Crippen LogP contribution in [0.3, 0.4) is 0 Å². The average molecular weight is 556 g/mol. The molecule has 0 spiro atoms. The SMILES string of the molecule is CC(C)(C)OC=O.Cc1nc(CC2CCN(c3ccc(Br)cn3)CC2)ncc1OCc1ccccc1. The summed E-state index contributed by atoms with van der Waals surface area (Å²) >= 11 is 3.44. The number of hydrogen-bond acceptors (Lipinski definition) is 7. The number of aromatic nitrogens is 3. The van der Waals surface area contributed by atoms with Crippen LogP contribution >= 0.6 is 15.9 Å². The minimum Gasteiger partial charge on any atom is -0.485 e. The summed E-state index contributed by atoms with van der Waals surface area (Å²) in [5, 5.41) is 0. The molecule has 1 aromatic carbocycles. The molecule has 0 atom stereocenters. The summed E-state index contributed by atoms with van der Waals surface area (Å²) < 4.78 is 11.5. The van der Waals surface area contributed by atoms with Crippen molar-refractivity contribution in [3.63, 3.8) is 0 Å². The molecule has 1 aliphatic heterocycles. The van der Waals surface area contributed by atoms with Crippen molar-refractivity contribution in [2.75, 3.05) is 18.0 Å². The van der Waals surface area contributed by atoms with Crippen molar-refractivity contribution in [3.8, 4) is 5.75 Å². The number of halogens is 1. The van der Waals surface area contributed by atoms with Crippen molar-refractivity contribution in [3.05, 3.63) is 76.4 Å². The number of hydrogen-bond donors (Lipinski definition) is 0. The fourth-order valence-electron chi connectivity index (χ4n) is 3.80. The van der Waals surface area contributed by atoms with E-state index in [2.05, 4.69) is 53.7 Å². The van der Waals surface area contributed by atoms with Gasteiger partial charge in [0.1, 0.15) is 23.9 Å². The second-order valence-electron chi connectivity index (χ2n) is 9.81. The molecule has 0 amide bonds. The monoisotopic (exact) mass is 554 g/mol. The van der Waals surface area contributed by atoms with E-state index in [1.807, 2.05) is 64.4 Å². The Morgan fingerprint density at radius 3 is 2.33 bits per heavy atom. The number of anilines is 1. The van der Waals surface area contributed by atoms with Crippen LogP contribution < -0.4 is 9.64 Å². The van der Waals surface area contributed by atoms with Gasteiger partial charge in [-0.25, -0.2) is 15.0 Å². The first-order chi connectivity index (χ1) is 17.2. The van der Waals surface area contributed by atoms with Gasteiger partial charge in [0.05, 0.1) is 11.9 Å². The number of aryl methyl sites for hydroxylation is 1. The summed E-state index contributed by atoms with van der Waals surface area (Å²) in [6.45, 7) is 10.5. The van der Waals surface area contributed by atoms with Gasteiger partial charge in [-0.15, -0.1) is 0 Å². The van der Waals surface area contributed by atoms with Gasteiger partial charge in [-0.1, -0.05) is 30.3 Å². The van der Waals surface area contributed by atoms with Crippen molar-refractivity contribution in [2.45, 2.75) is 59.2 Å². The second kappa shape index (κ2) is 13.3. The Hall–Kier alpha value is -3.00. The lowest BCUT2D eigenvalue weighted by molar-refractivity contribution is -0.138. The van der Waals surface area contributed by atoms with Crippen molar-refractivity contribution in [1.82, 2.24) is 15.0 Å². The van der Waals surface area contributed by atoms with E-state index in [-0.39, 0.29) is 5.60 Å². The van der Waals surface area contributed by atoms with Crippen LogP contribution in [0.2, 0.25) is 0 Å². The smallest absolute Gasteiger partial charge is 0.293 e. The number of carbonyl (C=O) groups excluding carboxylic acids is 1. The molecule has 1 aliphatic rings. The predicted octanol–water partition coefficient (Wildman–Crippen LogP) is 5.94. The maximum absolute atomic E-state index is 9.60. The fraction of sp³-hybridized carbons (Fsp3) is 0.429. The molecule has 1 fully saturated rings. The summed E-state index contributed by atoms with van der Waals surface area (Å²) in [7, 11) is 0. The number of ether oxygens (including phenoxy) is 2. The molecule has 192 valence electrons. The van der Waals surface area contributed by atoms with Crippen molar-refractivity contribution >= 4 is 28.2 Å². The summed E-state index contributed by atoms with van der Waals surface area (Å²) in [4.78, 5) is 25.7. The Kier molecular flexibility index (Phi) is 10.2. The molecule has 3 aromatic rings. The molecule has 4 rings (SSSR count). The van der Waals surface area contributed by atoms with Crippen LogP contribution in [-0.4, -0.2) is 40.1 Å². The first-order valence-electron chi connectivity index (χ1n) is 12.2. The van der Waals surface area contributed by atoms with Gasteiger partial charge >= 0.3 is 0 Å². The number of rotatable bonds is 7. The topological polar surface area (TPSA) is 77.4 Å². The van der Waals surface area contributed by atoms with E-state index >= 15 is 0 Å². The Morgan fingerprint density at radius 1 is 1.06 bits per heavy atom. The molecule has 0 saturated carbocycles. The number of nitrogens with zero attached hydrogens (tertiary/aromatic N) is 4. The third-order valence-electron chi connectivity index (χ3n) is 5.74. The Morgan fingerprint density at radius 2 is 1.78 bits per heavy atom. The molecule has 3 heterocycles. The Bertz CT molecular complexity index is 1080. The molecule has 0 radical (unpaired) electrons. The molecule has 0 bridgehead atoms. The number of piperidine rings is 1. The van der Waals surface area contributed by atoms with Crippen molar-refractivity contribution in [1.29, 1.82) is 0 Å². The minimum atomic E-state index is -0.318. The van der Waals surface area contributed by atoms with Crippen LogP contribution in [0.1, 0.15) is 50.7 Å². The lowest BCUT2D eigenvalue weighted by atomic mass is 9.93. The summed E-state index contributed by atoms with van der Waals surface area (Å²) in [6, 6.07) is 14.3. The quantitative estimate of drug-likeness (QED) is 0.334. The predicted molar refractivity (Wildman–Crippen MR) is 145 cm³/mol. The fourth-order valence-corrected chi connectivity index (χ4v) is 4.04. The number of benzene rings is 1. The molecular formula is C28H35BrN4O3.